The van der Waals surface area contributed by atoms with Crippen molar-refractivity contribution >= 4 is 17.3 Å². The molecule has 104 valence electrons. The molecule has 0 spiro atoms. The van der Waals surface area contributed by atoms with Gasteiger partial charge in [0.15, 0.2) is 0 Å². The van der Waals surface area contributed by atoms with Gasteiger partial charge in [-0.15, -0.1) is 0 Å². The van der Waals surface area contributed by atoms with Gasteiger partial charge in [0.25, 0.3) is 0 Å². The lowest BCUT2D eigenvalue weighted by atomic mass is 9.92. The molecule has 0 amide bonds. The Bertz CT molecular complexity index is 451. The van der Waals surface area contributed by atoms with Gasteiger partial charge >= 0.3 is 5.97 Å². The van der Waals surface area contributed by atoms with Crippen LogP contribution in [0.1, 0.15) is 43.0 Å². The predicted octanol–water partition coefficient (Wildman–Crippen LogP) is 2.98. The van der Waals surface area contributed by atoms with Gasteiger partial charge in [-0.3, -0.25) is 0 Å². The predicted molar refractivity (Wildman–Crippen MR) is 77.7 cm³/mol. The molecule has 0 aliphatic carbocycles. The van der Waals surface area contributed by atoms with Crippen molar-refractivity contribution in [2.24, 2.45) is 5.92 Å². The molecule has 1 saturated heterocycles. The monoisotopic (exact) mass is 262 g/mol. The minimum Gasteiger partial charge on any atom is -0.478 e. The number of hydrogen-bond acceptors (Lipinski definition) is 3. The molecule has 1 aliphatic heterocycles. The fraction of sp³-hybridized carbons (Fsp3) is 0.533. The molecular weight excluding hydrogens is 240 g/mol. The van der Waals surface area contributed by atoms with Crippen LogP contribution in [0.15, 0.2) is 18.2 Å². The highest BCUT2D eigenvalue weighted by Gasteiger charge is 2.20. The minimum atomic E-state index is -0.931. The molecule has 1 aliphatic rings. The number of aromatic carboxylic acids is 1. The second kappa shape index (κ2) is 5.95. The van der Waals surface area contributed by atoms with Crippen LogP contribution < -0.4 is 10.6 Å². The number of nitrogens with two attached hydrogens (primary N) is 1. The summed E-state index contributed by atoms with van der Waals surface area (Å²) in [5.74, 6) is -0.0966. The number of nitrogens with zero attached hydrogens (tertiary/aromatic N) is 1. The van der Waals surface area contributed by atoms with E-state index < -0.39 is 5.97 Å². The fourth-order valence-corrected chi connectivity index (χ4v) is 2.85. The number of rotatable bonds is 4. The Morgan fingerprint density at radius 3 is 2.63 bits per heavy atom. The molecule has 1 aromatic carbocycles. The first-order valence-electron chi connectivity index (χ1n) is 6.99. The molecule has 0 atom stereocenters. The Morgan fingerprint density at radius 2 is 2.11 bits per heavy atom. The van der Waals surface area contributed by atoms with Crippen molar-refractivity contribution in [3.63, 3.8) is 0 Å². The molecular formula is C15H22N2O2. The maximum absolute atomic E-state index is 10.9. The molecule has 0 aromatic heterocycles. The highest BCUT2D eigenvalue weighted by atomic mass is 16.4. The Morgan fingerprint density at radius 1 is 1.42 bits per heavy atom. The van der Waals surface area contributed by atoms with E-state index in [1.54, 1.807) is 12.1 Å². The number of carboxylic acids is 1. The number of carbonyl (C=O) groups is 1. The summed E-state index contributed by atoms with van der Waals surface area (Å²) < 4.78 is 0. The Balaban J connectivity index is 2.05. The maximum atomic E-state index is 10.9. The van der Waals surface area contributed by atoms with Crippen molar-refractivity contribution < 1.29 is 9.90 Å². The van der Waals surface area contributed by atoms with Crippen molar-refractivity contribution in [1.29, 1.82) is 0 Å². The second-order valence-corrected chi connectivity index (χ2v) is 5.30. The zero-order valence-electron chi connectivity index (χ0n) is 11.4. The molecule has 2 rings (SSSR count). The molecule has 0 bridgehead atoms. The van der Waals surface area contributed by atoms with E-state index in [2.05, 4.69) is 11.8 Å². The largest absolute Gasteiger partial charge is 0.478 e. The summed E-state index contributed by atoms with van der Waals surface area (Å²) in [5, 5.41) is 8.94. The third-order valence-corrected chi connectivity index (χ3v) is 3.93. The van der Waals surface area contributed by atoms with Crippen LogP contribution in [0.3, 0.4) is 0 Å². The number of piperidine rings is 1. The number of hydrogen-bond donors (Lipinski definition) is 2. The molecule has 1 aromatic rings. The lowest BCUT2D eigenvalue weighted by Crippen LogP contribution is -2.34. The Hall–Kier alpha value is -1.71. The van der Waals surface area contributed by atoms with Crippen molar-refractivity contribution in [3.05, 3.63) is 23.8 Å². The number of benzene rings is 1. The van der Waals surface area contributed by atoms with E-state index >= 15 is 0 Å². The van der Waals surface area contributed by atoms with Gasteiger partial charge in [-0.25, -0.2) is 4.79 Å². The van der Waals surface area contributed by atoms with E-state index in [9.17, 15) is 4.79 Å². The molecule has 0 radical (unpaired) electrons. The molecule has 0 saturated carbocycles. The van der Waals surface area contributed by atoms with Gasteiger partial charge in [-0.1, -0.05) is 19.8 Å². The molecule has 3 N–H and O–H groups in total. The quantitative estimate of drug-likeness (QED) is 0.819. The topological polar surface area (TPSA) is 66.6 Å². The van der Waals surface area contributed by atoms with E-state index in [1.165, 1.54) is 25.7 Å². The van der Waals surface area contributed by atoms with Gasteiger partial charge in [0.1, 0.15) is 0 Å². The summed E-state index contributed by atoms with van der Waals surface area (Å²) in [6.07, 6.45) is 4.96. The third-order valence-electron chi connectivity index (χ3n) is 3.93. The van der Waals surface area contributed by atoms with Crippen LogP contribution >= 0.6 is 0 Å². The van der Waals surface area contributed by atoms with E-state index in [1.807, 2.05) is 6.07 Å². The lowest BCUT2D eigenvalue weighted by Gasteiger charge is -2.34. The Kier molecular flexibility index (Phi) is 4.30. The normalized spacial score (nSPS) is 16.6. The van der Waals surface area contributed by atoms with E-state index in [4.69, 9.17) is 10.8 Å². The van der Waals surface area contributed by atoms with Gasteiger partial charge in [0, 0.05) is 13.1 Å². The van der Waals surface area contributed by atoms with Crippen LogP contribution in [0.4, 0.5) is 11.4 Å². The number of anilines is 2. The molecule has 1 fully saturated rings. The smallest absolute Gasteiger partial charge is 0.335 e. The molecule has 0 unspecified atom stereocenters. The number of nitrogen functional groups attached to an aromatic ring is 1. The highest BCUT2D eigenvalue weighted by Crippen LogP contribution is 2.30. The molecule has 4 nitrogen and oxygen atoms in total. The van der Waals surface area contributed by atoms with Crippen LogP contribution in [0.25, 0.3) is 0 Å². The third kappa shape index (κ3) is 3.19. The van der Waals surface area contributed by atoms with Crippen LogP contribution in [0.2, 0.25) is 0 Å². The maximum Gasteiger partial charge on any atom is 0.335 e. The highest BCUT2D eigenvalue weighted by molar-refractivity contribution is 5.90. The van der Waals surface area contributed by atoms with Gasteiger partial charge in [0.2, 0.25) is 0 Å². The van der Waals surface area contributed by atoms with Crippen LogP contribution in [0, 0.1) is 5.92 Å². The second-order valence-electron chi connectivity index (χ2n) is 5.30. The van der Waals surface area contributed by atoms with Crippen molar-refractivity contribution in [2.75, 3.05) is 23.7 Å². The van der Waals surface area contributed by atoms with Crippen LogP contribution in [-0.4, -0.2) is 24.2 Å². The van der Waals surface area contributed by atoms with Crippen molar-refractivity contribution in [1.82, 2.24) is 0 Å². The first-order valence-corrected chi connectivity index (χ1v) is 6.99. The Labute approximate surface area is 114 Å². The van der Waals surface area contributed by atoms with Crippen LogP contribution in [0.5, 0.6) is 0 Å². The van der Waals surface area contributed by atoms with Gasteiger partial charge in [-0.2, -0.15) is 0 Å². The van der Waals surface area contributed by atoms with E-state index in [0.29, 0.717) is 5.69 Å². The summed E-state index contributed by atoms with van der Waals surface area (Å²) in [5.41, 5.74) is 7.77. The summed E-state index contributed by atoms with van der Waals surface area (Å²) in [6.45, 7) is 4.26. The SMILES string of the molecule is CCCC1CCN(c2ccc(C(=O)O)cc2N)CC1. The van der Waals surface area contributed by atoms with E-state index in [-0.39, 0.29) is 5.56 Å². The van der Waals surface area contributed by atoms with Gasteiger partial charge in [0.05, 0.1) is 16.9 Å². The first-order chi connectivity index (χ1) is 9.11. The van der Waals surface area contributed by atoms with Crippen molar-refractivity contribution in [2.45, 2.75) is 32.6 Å². The van der Waals surface area contributed by atoms with Gasteiger partial charge in [-0.05, 0) is 37.0 Å². The summed E-state index contributed by atoms with van der Waals surface area (Å²) in [7, 11) is 0. The van der Waals surface area contributed by atoms with E-state index in [0.717, 1.165) is 24.7 Å². The lowest BCUT2D eigenvalue weighted by molar-refractivity contribution is 0.0697. The minimum absolute atomic E-state index is 0.252. The zero-order valence-corrected chi connectivity index (χ0v) is 11.4. The average Bonchev–Trinajstić information content (AvgIpc) is 2.40. The van der Waals surface area contributed by atoms with Crippen LogP contribution in [-0.2, 0) is 0 Å². The van der Waals surface area contributed by atoms with Gasteiger partial charge < -0.3 is 15.7 Å². The van der Waals surface area contributed by atoms with Crippen molar-refractivity contribution in [3.8, 4) is 0 Å². The fourth-order valence-electron chi connectivity index (χ4n) is 2.85. The average molecular weight is 262 g/mol. The summed E-state index contributed by atoms with van der Waals surface area (Å²) in [4.78, 5) is 13.2. The number of carboxylic acid groups (broad SMARTS) is 1. The summed E-state index contributed by atoms with van der Waals surface area (Å²) >= 11 is 0. The standard InChI is InChI=1S/C15H22N2O2/c1-2-3-11-6-8-17(9-7-11)14-5-4-12(15(18)19)10-13(14)16/h4-5,10-11H,2-3,6-9,16H2,1H3,(H,18,19). The molecule has 19 heavy (non-hydrogen) atoms. The summed E-state index contributed by atoms with van der Waals surface area (Å²) in [6, 6.07) is 5.01. The zero-order chi connectivity index (χ0) is 13.8. The molecule has 1 heterocycles. The molecule has 4 heteroatoms. The first kappa shape index (κ1) is 13.7.